The summed E-state index contributed by atoms with van der Waals surface area (Å²) in [6.07, 6.45) is 4.49. The topological polar surface area (TPSA) is 41.6 Å². The van der Waals surface area contributed by atoms with E-state index in [1.165, 1.54) is 6.42 Å². The number of rotatable bonds is 0. The molecule has 0 unspecified atom stereocenters. The summed E-state index contributed by atoms with van der Waals surface area (Å²) in [4.78, 5) is 0. The molecule has 2 aromatic rings. The van der Waals surface area contributed by atoms with Gasteiger partial charge in [0.15, 0.2) is 0 Å². The Morgan fingerprint density at radius 1 is 0.929 bits per heavy atom. The van der Waals surface area contributed by atoms with Crippen LogP contribution in [0.1, 0.15) is 20.3 Å². The molecule has 0 spiro atoms. The Kier molecular flexibility index (Phi) is 10.0. The van der Waals surface area contributed by atoms with Crippen LogP contribution in [0.5, 0.6) is 0 Å². The molecule has 1 N–H and O–H groups in total. The zero-order chi connectivity index (χ0) is 10.5. The summed E-state index contributed by atoms with van der Waals surface area (Å²) < 4.78 is 0. The van der Waals surface area contributed by atoms with E-state index < -0.39 is 0 Å². The van der Waals surface area contributed by atoms with E-state index in [9.17, 15) is 0 Å². The molecule has 1 aromatic carbocycles. The van der Waals surface area contributed by atoms with Crippen LogP contribution in [0.25, 0.3) is 0 Å². The molecule has 0 amide bonds. The monoisotopic (exact) mass is 191 g/mol. The first kappa shape index (κ1) is 12.4. The summed E-state index contributed by atoms with van der Waals surface area (Å²) in [5, 5.41) is 9.26. The maximum absolute atomic E-state index is 3.42. The molecule has 0 saturated carbocycles. The van der Waals surface area contributed by atoms with E-state index in [1.807, 2.05) is 36.4 Å². The van der Waals surface area contributed by atoms with Gasteiger partial charge in [0.2, 0.25) is 0 Å². The average Bonchev–Trinajstić information content (AvgIpc) is 2.80. The Bertz CT molecular complexity index is 209. The standard InChI is InChI=1S/C6H6.C3H8.C2H3N3/c1-2-4-6-5-3-1;1-3-2;1-2-4-5-3-1/h1-6H;3H2,1-2H3;1-2H,(H,3,4,5). The second-order valence-corrected chi connectivity index (χ2v) is 2.52. The Morgan fingerprint density at radius 3 is 1.50 bits per heavy atom. The first-order valence-corrected chi connectivity index (χ1v) is 4.72. The highest BCUT2D eigenvalue weighted by atomic mass is 15.3. The fourth-order valence-electron chi connectivity index (χ4n) is 0.552. The fourth-order valence-corrected chi connectivity index (χ4v) is 0.552. The molecule has 3 heteroatoms. The van der Waals surface area contributed by atoms with Crippen molar-refractivity contribution < 1.29 is 0 Å². The molecule has 0 atom stereocenters. The minimum atomic E-state index is 1.25. The van der Waals surface area contributed by atoms with Crippen molar-refractivity contribution in [2.45, 2.75) is 20.3 Å². The molecular weight excluding hydrogens is 174 g/mol. The molecule has 0 aliphatic heterocycles. The summed E-state index contributed by atoms with van der Waals surface area (Å²) in [7, 11) is 0. The summed E-state index contributed by atoms with van der Waals surface area (Å²) in [6, 6.07) is 12.0. The van der Waals surface area contributed by atoms with Gasteiger partial charge in [-0.05, 0) is 0 Å². The van der Waals surface area contributed by atoms with Crippen molar-refractivity contribution in [3.8, 4) is 0 Å². The fraction of sp³-hybridized carbons (Fsp3) is 0.273. The largest absolute Gasteiger partial charge is 0.266 e. The van der Waals surface area contributed by atoms with Crippen molar-refractivity contribution in [1.29, 1.82) is 0 Å². The van der Waals surface area contributed by atoms with Gasteiger partial charge < -0.3 is 0 Å². The lowest BCUT2D eigenvalue weighted by Gasteiger charge is -1.69. The Hall–Kier alpha value is -1.64. The third-order valence-corrected chi connectivity index (χ3v) is 0.998. The van der Waals surface area contributed by atoms with E-state index in [4.69, 9.17) is 0 Å². The highest BCUT2D eigenvalue weighted by molar-refractivity contribution is 4.99. The van der Waals surface area contributed by atoms with Crippen LogP contribution in [0.4, 0.5) is 0 Å². The Morgan fingerprint density at radius 2 is 1.36 bits per heavy atom. The number of nitrogens with one attached hydrogen (secondary N) is 1. The molecule has 0 bridgehead atoms. The van der Waals surface area contributed by atoms with E-state index >= 15 is 0 Å². The van der Waals surface area contributed by atoms with Gasteiger partial charge in [0.05, 0.1) is 6.20 Å². The van der Waals surface area contributed by atoms with Crippen molar-refractivity contribution in [3.63, 3.8) is 0 Å². The van der Waals surface area contributed by atoms with Gasteiger partial charge in [-0.1, -0.05) is 61.9 Å². The molecule has 76 valence electrons. The van der Waals surface area contributed by atoms with E-state index in [0.717, 1.165) is 0 Å². The molecule has 0 fully saturated rings. The molecular formula is C11H17N3. The SMILES string of the molecule is CCC.c1c[nH]nn1.c1ccccc1. The lowest BCUT2D eigenvalue weighted by atomic mass is 10.4. The van der Waals surface area contributed by atoms with E-state index in [1.54, 1.807) is 12.4 Å². The number of hydrogen-bond acceptors (Lipinski definition) is 2. The minimum absolute atomic E-state index is 1.25. The smallest absolute Gasteiger partial charge is 0.0690 e. The van der Waals surface area contributed by atoms with Crippen LogP contribution in [0.3, 0.4) is 0 Å². The molecule has 0 radical (unpaired) electrons. The maximum Gasteiger partial charge on any atom is 0.0690 e. The van der Waals surface area contributed by atoms with Gasteiger partial charge >= 0.3 is 0 Å². The zero-order valence-electron chi connectivity index (χ0n) is 8.72. The van der Waals surface area contributed by atoms with Crippen molar-refractivity contribution in [3.05, 3.63) is 48.8 Å². The van der Waals surface area contributed by atoms with Crippen LogP contribution in [0.2, 0.25) is 0 Å². The van der Waals surface area contributed by atoms with Gasteiger partial charge in [-0.2, -0.15) is 0 Å². The van der Waals surface area contributed by atoms with Crippen LogP contribution in [0.15, 0.2) is 48.8 Å². The number of hydrogen-bond donors (Lipinski definition) is 1. The minimum Gasteiger partial charge on any atom is -0.266 e. The lowest BCUT2D eigenvalue weighted by Crippen LogP contribution is -1.61. The van der Waals surface area contributed by atoms with E-state index in [2.05, 4.69) is 29.3 Å². The summed E-state index contributed by atoms with van der Waals surface area (Å²) >= 11 is 0. The zero-order valence-corrected chi connectivity index (χ0v) is 8.72. The molecule has 0 aliphatic carbocycles. The predicted molar refractivity (Wildman–Crippen MR) is 58.8 cm³/mol. The first-order chi connectivity index (χ1) is 6.91. The quantitative estimate of drug-likeness (QED) is 0.695. The third kappa shape index (κ3) is 10.4. The summed E-state index contributed by atoms with van der Waals surface area (Å²) in [5.74, 6) is 0. The summed E-state index contributed by atoms with van der Waals surface area (Å²) in [6.45, 7) is 4.25. The van der Waals surface area contributed by atoms with Crippen molar-refractivity contribution in [1.82, 2.24) is 15.4 Å². The third-order valence-electron chi connectivity index (χ3n) is 0.998. The molecule has 0 aliphatic rings. The van der Waals surface area contributed by atoms with Gasteiger partial charge in [0.25, 0.3) is 0 Å². The van der Waals surface area contributed by atoms with Crippen LogP contribution in [0, 0.1) is 0 Å². The summed E-state index contributed by atoms with van der Waals surface area (Å²) in [5.41, 5.74) is 0. The first-order valence-electron chi connectivity index (χ1n) is 4.72. The van der Waals surface area contributed by atoms with Gasteiger partial charge in [-0.25, -0.2) is 0 Å². The molecule has 1 heterocycles. The normalized spacial score (nSPS) is 7.57. The molecule has 3 nitrogen and oxygen atoms in total. The van der Waals surface area contributed by atoms with Crippen molar-refractivity contribution in [2.24, 2.45) is 0 Å². The van der Waals surface area contributed by atoms with Crippen molar-refractivity contribution >= 4 is 0 Å². The highest BCUT2D eigenvalue weighted by Gasteiger charge is 1.58. The Labute approximate surface area is 85.2 Å². The highest BCUT2D eigenvalue weighted by Crippen LogP contribution is 1.79. The average molecular weight is 191 g/mol. The van der Waals surface area contributed by atoms with Crippen LogP contribution >= 0.6 is 0 Å². The van der Waals surface area contributed by atoms with Gasteiger partial charge in [0.1, 0.15) is 0 Å². The molecule has 14 heavy (non-hydrogen) atoms. The number of H-pyrrole nitrogens is 1. The van der Waals surface area contributed by atoms with Crippen LogP contribution in [-0.2, 0) is 0 Å². The molecule has 2 rings (SSSR count). The lowest BCUT2D eigenvalue weighted by molar-refractivity contribution is 0.940. The van der Waals surface area contributed by atoms with E-state index in [0.29, 0.717) is 0 Å². The van der Waals surface area contributed by atoms with Gasteiger partial charge in [0, 0.05) is 6.20 Å². The maximum atomic E-state index is 3.42. The number of aromatic amines is 1. The number of aromatic nitrogens is 3. The van der Waals surface area contributed by atoms with Gasteiger partial charge in [-0.3, -0.25) is 5.10 Å². The van der Waals surface area contributed by atoms with E-state index in [-0.39, 0.29) is 0 Å². The predicted octanol–water partition coefficient (Wildman–Crippen LogP) is 2.91. The Balaban J connectivity index is 0.000000193. The molecule has 1 aromatic heterocycles. The number of nitrogens with zero attached hydrogens (tertiary/aromatic N) is 2. The van der Waals surface area contributed by atoms with Crippen molar-refractivity contribution in [2.75, 3.05) is 0 Å². The van der Waals surface area contributed by atoms with Crippen LogP contribution < -0.4 is 0 Å². The second-order valence-electron chi connectivity index (χ2n) is 2.52. The van der Waals surface area contributed by atoms with Gasteiger partial charge in [-0.15, -0.1) is 5.10 Å². The number of benzene rings is 1. The van der Waals surface area contributed by atoms with Crippen LogP contribution in [-0.4, -0.2) is 15.4 Å². The second kappa shape index (κ2) is 11.4. The molecule has 0 saturated heterocycles.